The smallest absolute Gasteiger partial charge is 0.163 e. The second-order valence-corrected chi connectivity index (χ2v) is 13.9. The maximum atomic E-state index is 6.54. The zero-order chi connectivity index (χ0) is 30.4. The number of thiophene rings is 1. The summed E-state index contributed by atoms with van der Waals surface area (Å²) < 4.78 is 7.77. The van der Waals surface area contributed by atoms with E-state index in [-0.39, 0.29) is 6.04 Å². The summed E-state index contributed by atoms with van der Waals surface area (Å²) in [6.45, 7) is 0. The number of fused-ring (bicyclic) bond motifs is 5. The summed E-state index contributed by atoms with van der Waals surface area (Å²) in [4.78, 5) is 14.3. The first-order chi connectivity index (χ1) is 23.3. The van der Waals surface area contributed by atoms with Crippen molar-refractivity contribution in [3.05, 3.63) is 131 Å². The van der Waals surface area contributed by atoms with Gasteiger partial charge in [-0.1, -0.05) is 91.0 Å². The quantitative estimate of drug-likeness (QED) is 0.194. The molecule has 9 aromatic rings. The van der Waals surface area contributed by atoms with E-state index in [1.165, 1.54) is 70.0 Å². The Morgan fingerprint density at radius 2 is 1.55 bits per heavy atom. The normalized spacial score (nSPS) is 15.9. The van der Waals surface area contributed by atoms with Gasteiger partial charge in [-0.25, -0.2) is 9.97 Å². The van der Waals surface area contributed by atoms with Crippen molar-refractivity contribution in [2.75, 3.05) is 4.90 Å². The summed E-state index contributed by atoms with van der Waals surface area (Å²) in [5.74, 6) is 1.73. The van der Waals surface area contributed by atoms with E-state index in [0.717, 1.165) is 45.0 Å². The van der Waals surface area contributed by atoms with E-state index in [4.69, 9.17) is 14.4 Å². The molecule has 0 saturated heterocycles. The molecule has 0 N–H and O–H groups in total. The maximum Gasteiger partial charge on any atom is 0.163 e. The fourth-order valence-electron chi connectivity index (χ4n) is 8.58. The first-order valence-corrected chi connectivity index (χ1v) is 16.9. The third-order valence-corrected chi connectivity index (χ3v) is 11.6. The average molecular weight is 618 g/mol. The zero-order valence-electron chi connectivity index (χ0n) is 25.0. The second kappa shape index (κ2) is 8.52. The van der Waals surface area contributed by atoms with Crippen molar-refractivity contribution in [2.45, 2.75) is 12.5 Å². The van der Waals surface area contributed by atoms with Gasteiger partial charge in [-0.3, -0.25) is 0 Å². The number of aromatic nitrogens is 2. The van der Waals surface area contributed by atoms with Gasteiger partial charge < -0.3 is 9.32 Å². The molecule has 1 aliphatic heterocycles. The van der Waals surface area contributed by atoms with Crippen LogP contribution in [0.2, 0.25) is 0 Å². The van der Waals surface area contributed by atoms with Crippen LogP contribution in [0.15, 0.2) is 120 Å². The van der Waals surface area contributed by atoms with Crippen molar-refractivity contribution in [1.29, 1.82) is 0 Å². The topological polar surface area (TPSA) is 42.2 Å². The number of rotatable bonds is 2. The van der Waals surface area contributed by atoms with Crippen LogP contribution in [0.1, 0.15) is 12.0 Å². The summed E-state index contributed by atoms with van der Waals surface area (Å²) in [6.07, 6.45) is 3.32. The van der Waals surface area contributed by atoms with Crippen LogP contribution in [-0.4, -0.2) is 16.0 Å². The van der Waals surface area contributed by atoms with E-state index in [0.29, 0.717) is 0 Å². The predicted molar refractivity (Wildman–Crippen MR) is 194 cm³/mol. The van der Waals surface area contributed by atoms with Gasteiger partial charge in [0.2, 0.25) is 0 Å². The molecule has 5 heteroatoms. The van der Waals surface area contributed by atoms with Gasteiger partial charge >= 0.3 is 0 Å². The molecule has 12 rings (SSSR count). The molecule has 47 heavy (non-hydrogen) atoms. The molecule has 3 aromatic heterocycles. The van der Waals surface area contributed by atoms with Gasteiger partial charge in [0.1, 0.15) is 21.8 Å². The van der Waals surface area contributed by atoms with E-state index in [1.54, 1.807) is 11.3 Å². The average Bonchev–Trinajstić information content (AvgIpc) is 3.77. The third-order valence-electron chi connectivity index (χ3n) is 10.5. The van der Waals surface area contributed by atoms with Crippen LogP contribution < -0.4 is 15.3 Å². The van der Waals surface area contributed by atoms with Crippen molar-refractivity contribution in [3.63, 3.8) is 0 Å². The van der Waals surface area contributed by atoms with Gasteiger partial charge in [0, 0.05) is 32.0 Å². The highest BCUT2D eigenvalue weighted by Gasteiger charge is 2.42. The first kappa shape index (κ1) is 24.5. The number of anilines is 2. The van der Waals surface area contributed by atoms with E-state index < -0.39 is 0 Å². The standard InChI is InChI=1S/C42H23N3OS/c1-2-8-24-21-25(16-15-22(24)7-1)40-43-41(36-28-10-3-4-14-33(28)47-42(36)44-40)45-29-18-17-23-9-5-11-26-27-12-6-13-31-35(27)39-32(46-31)20-19-30(45)38(39)37(29)34(23)26/h1-17,19-21,29H,18H2. The molecule has 218 valence electrons. The number of hydrogen-bond acceptors (Lipinski definition) is 5. The summed E-state index contributed by atoms with van der Waals surface area (Å²) >= 11 is 1.75. The SMILES string of the molecule is C1=c2cccc3c2=C2c4c(ccc5oc6cccc-3c6c45)N(c3nc(-c4ccc5ccccc5c4)nc4sc5ccccc5c34)C2C1. The Labute approximate surface area is 272 Å². The van der Waals surface area contributed by atoms with Gasteiger partial charge in [0.25, 0.3) is 0 Å². The molecular formula is C42H23N3OS. The lowest BCUT2D eigenvalue weighted by atomic mass is 9.89. The number of benzene rings is 6. The van der Waals surface area contributed by atoms with Crippen LogP contribution in [0.3, 0.4) is 0 Å². The van der Waals surface area contributed by atoms with Crippen LogP contribution in [0, 0.1) is 0 Å². The lowest BCUT2D eigenvalue weighted by molar-refractivity contribution is 0.669. The highest BCUT2D eigenvalue weighted by Crippen LogP contribution is 2.54. The van der Waals surface area contributed by atoms with Crippen LogP contribution in [0.25, 0.3) is 87.2 Å². The van der Waals surface area contributed by atoms with Gasteiger partial charge in [0.05, 0.1) is 17.1 Å². The summed E-state index contributed by atoms with van der Waals surface area (Å²) in [6, 6.07) is 41.5. The predicted octanol–water partition coefficient (Wildman–Crippen LogP) is 9.45. The molecule has 2 aliphatic carbocycles. The lowest BCUT2D eigenvalue weighted by Crippen LogP contribution is -2.39. The highest BCUT2D eigenvalue weighted by atomic mass is 32.1. The van der Waals surface area contributed by atoms with Crippen molar-refractivity contribution in [3.8, 4) is 22.5 Å². The van der Waals surface area contributed by atoms with Crippen molar-refractivity contribution < 1.29 is 4.42 Å². The van der Waals surface area contributed by atoms with Crippen LogP contribution in [-0.2, 0) is 0 Å². The van der Waals surface area contributed by atoms with Crippen molar-refractivity contribution in [2.24, 2.45) is 0 Å². The zero-order valence-corrected chi connectivity index (χ0v) is 25.8. The Morgan fingerprint density at radius 3 is 2.53 bits per heavy atom. The molecule has 0 amide bonds. The van der Waals surface area contributed by atoms with Crippen molar-refractivity contribution in [1.82, 2.24) is 9.97 Å². The number of hydrogen-bond donors (Lipinski definition) is 0. The van der Waals surface area contributed by atoms with Gasteiger partial charge in [-0.05, 0) is 74.7 Å². The second-order valence-electron chi connectivity index (χ2n) is 12.8. The monoisotopic (exact) mass is 617 g/mol. The summed E-state index contributed by atoms with van der Waals surface area (Å²) in [7, 11) is 0. The third kappa shape index (κ3) is 3.03. The Kier molecular flexibility index (Phi) is 4.43. The molecule has 0 radical (unpaired) electrons. The van der Waals surface area contributed by atoms with Crippen LogP contribution in [0.4, 0.5) is 11.5 Å². The van der Waals surface area contributed by atoms with Crippen LogP contribution in [0.5, 0.6) is 0 Å². The minimum Gasteiger partial charge on any atom is -0.456 e. The largest absolute Gasteiger partial charge is 0.456 e. The van der Waals surface area contributed by atoms with Gasteiger partial charge in [0.15, 0.2) is 5.82 Å². The van der Waals surface area contributed by atoms with Gasteiger partial charge in [-0.15, -0.1) is 11.3 Å². The minimum atomic E-state index is 0.0877. The molecule has 1 unspecified atom stereocenters. The molecule has 0 bridgehead atoms. The molecule has 0 fully saturated rings. The first-order valence-electron chi connectivity index (χ1n) is 16.1. The lowest BCUT2D eigenvalue weighted by Gasteiger charge is -2.29. The van der Waals surface area contributed by atoms with E-state index >= 15 is 0 Å². The summed E-state index contributed by atoms with van der Waals surface area (Å²) in [5, 5.41) is 9.80. The Hall–Kier alpha value is -5.78. The fraction of sp³-hybridized carbons (Fsp3) is 0.0476. The highest BCUT2D eigenvalue weighted by molar-refractivity contribution is 7.25. The number of furan rings is 1. The summed E-state index contributed by atoms with van der Waals surface area (Å²) in [5.41, 5.74) is 9.29. The fourth-order valence-corrected chi connectivity index (χ4v) is 9.65. The van der Waals surface area contributed by atoms with Crippen LogP contribution >= 0.6 is 11.3 Å². The van der Waals surface area contributed by atoms with E-state index in [9.17, 15) is 0 Å². The molecule has 4 heterocycles. The van der Waals surface area contributed by atoms with Crippen molar-refractivity contribution >= 4 is 87.5 Å². The molecular weight excluding hydrogens is 595 g/mol. The Bertz CT molecular complexity index is 3020. The molecule has 6 aromatic carbocycles. The number of nitrogens with zero attached hydrogens (tertiary/aromatic N) is 3. The van der Waals surface area contributed by atoms with E-state index in [2.05, 4.69) is 126 Å². The van der Waals surface area contributed by atoms with E-state index in [1.807, 2.05) is 0 Å². The molecule has 1 atom stereocenters. The molecule has 0 saturated carbocycles. The van der Waals surface area contributed by atoms with Gasteiger partial charge in [-0.2, -0.15) is 0 Å². The Balaban J connectivity index is 1.23. The minimum absolute atomic E-state index is 0.0877. The molecule has 0 spiro atoms. The Morgan fingerprint density at radius 1 is 0.702 bits per heavy atom. The maximum absolute atomic E-state index is 6.54. The molecule has 3 aliphatic rings. The molecule has 4 nitrogen and oxygen atoms in total.